The highest BCUT2D eigenvalue weighted by molar-refractivity contribution is 5.94. The fraction of sp³-hybridized carbons (Fsp3) is 0.167. The summed E-state index contributed by atoms with van der Waals surface area (Å²) in [4.78, 5) is 24.3. The number of nitrogens with one attached hydrogen (secondary N) is 1. The average Bonchev–Trinajstić information content (AvgIpc) is 2.78. The van der Waals surface area contributed by atoms with Crippen LogP contribution in [0.1, 0.15) is 21.5 Å². The Morgan fingerprint density at radius 1 is 1.07 bits per heavy atom. The van der Waals surface area contributed by atoms with Gasteiger partial charge in [0.05, 0.1) is 13.7 Å². The molecule has 0 aliphatic carbocycles. The Kier molecular flexibility index (Phi) is 7.05. The molecular formula is C24H24N2O4. The molecule has 0 fully saturated rings. The van der Waals surface area contributed by atoms with Crippen molar-refractivity contribution in [3.63, 3.8) is 0 Å². The number of amides is 1. The summed E-state index contributed by atoms with van der Waals surface area (Å²) in [5.74, 6) is 0.843. The zero-order valence-electron chi connectivity index (χ0n) is 16.8. The van der Waals surface area contributed by atoms with E-state index in [0.29, 0.717) is 36.8 Å². The molecule has 1 aromatic heterocycles. The molecule has 154 valence electrons. The first-order chi connectivity index (χ1) is 14.6. The third-order valence-electron chi connectivity index (χ3n) is 4.51. The lowest BCUT2D eigenvalue weighted by Crippen LogP contribution is -2.23. The molecule has 0 spiro atoms. The molecule has 1 heterocycles. The van der Waals surface area contributed by atoms with Gasteiger partial charge in [0.15, 0.2) is 11.5 Å². The van der Waals surface area contributed by atoms with Gasteiger partial charge in [0.2, 0.25) is 0 Å². The maximum Gasteiger partial charge on any atom is 0.251 e. The molecule has 0 saturated heterocycles. The Morgan fingerprint density at radius 2 is 1.83 bits per heavy atom. The van der Waals surface area contributed by atoms with Gasteiger partial charge in [-0.3, -0.25) is 9.59 Å². The number of carbonyl (C=O) groups is 1. The Balaban J connectivity index is 1.60. The number of aromatic nitrogens is 1. The number of carbonyl (C=O) groups excluding carboxylic acids is 1. The average molecular weight is 404 g/mol. The second-order valence-corrected chi connectivity index (χ2v) is 6.63. The highest BCUT2D eigenvalue weighted by Gasteiger charge is 2.11. The zero-order chi connectivity index (χ0) is 21.3. The molecule has 0 aliphatic heterocycles. The lowest BCUT2D eigenvalue weighted by molar-refractivity contribution is 0.0950. The van der Waals surface area contributed by atoms with Crippen molar-refractivity contribution in [3.8, 4) is 11.5 Å². The van der Waals surface area contributed by atoms with Crippen LogP contribution >= 0.6 is 0 Å². The van der Waals surface area contributed by atoms with Gasteiger partial charge in [-0.2, -0.15) is 0 Å². The Morgan fingerprint density at radius 3 is 2.53 bits per heavy atom. The van der Waals surface area contributed by atoms with Crippen molar-refractivity contribution in [3.05, 3.63) is 107 Å². The first-order valence-corrected chi connectivity index (χ1v) is 9.54. The number of methoxy groups -OCH3 is 1. The molecule has 1 N–H and O–H groups in total. The minimum atomic E-state index is -0.205. The van der Waals surface area contributed by atoms with Crippen molar-refractivity contribution in [2.75, 3.05) is 13.7 Å². The van der Waals surface area contributed by atoms with E-state index in [1.165, 1.54) is 13.2 Å². The fourth-order valence-corrected chi connectivity index (χ4v) is 2.91. The van der Waals surface area contributed by atoms with Crippen LogP contribution < -0.4 is 20.3 Å². The normalized spacial score (nSPS) is 10.3. The largest absolute Gasteiger partial charge is 0.493 e. The van der Waals surface area contributed by atoms with Crippen LogP contribution in [0.4, 0.5) is 0 Å². The van der Waals surface area contributed by atoms with E-state index in [1.807, 2.05) is 30.3 Å². The van der Waals surface area contributed by atoms with Crippen LogP contribution in [0, 0.1) is 0 Å². The van der Waals surface area contributed by atoms with E-state index in [0.717, 1.165) is 11.1 Å². The van der Waals surface area contributed by atoms with Crippen LogP contribution in [0.2, 0.25) is 0 Å². The highest BCUT2D eigenvalue weighted by Crippen LogP contribution is 2.28. The topological polar surface area (TPSA) is 69.6 Å². The molecule has 3 aromatic rings. The van der Waals surface area contributed by atoms with Crippen molar-refractivity contribution < 1.29 is 14.3 Å². The Bertz CT molecular complexity index is 1070. The van der Waals surface area contributed by atoms with Gasteiger partial charge in [-0.15, -0.1) is 0 Å². The maximum absolute atomic E-state index is 12.5. The van der Waals surface area contributed by atoms with Crippen molar-refractivity contribution in [2.24, 2.45) is 0 Å². The molecule has 6 nitrogen and oxygen atoms in total. The second-order valence-electron chi connectivity index (χ2n) is 6.63. The predicted octanol–water partition coefficient (Wildman–Crippen LogP) is 3.40. The van der Waals surface area contributed by atoms with E-state index in [2.05, 4.69) is 11.9 Å². The summed E-state index contributed by atoms with van der Waals surface area (Å²) in [6.07, 6.45) is 3.40. The molecule has 0 atom stereocenters. The molecule has 1 amide bonds. The first-order valence-electron chi connectivity index (χ1n) is 9.54. The number of hydrogen-bond acceptors (Lipinski definition) is 4. The van der Waals surface area contributed by atoms with Gasteiger partial charge < -0.3 is 19.4 Å². The SMILES string of the molecule is C=CCOc1ccc(C(=O)NCc2ccc(Cn3ccccc3=O)cc2)cc1OC. The summed E-state index contributed by atoms with van der Waals surface area (Å²) in [5.41, 5.74) is 2.42. The van der Waals surface area contributed by atoms with Crippen molar-refractivity contribution in [1.29, 1.82) is 0 Å². The molecule has 0 aliphatic rings. The standard InChI is InChI=1S/C24H24N2O4/c1-3-14-30-21-12-11-20(15-22(21)29-2)24(28)25-16-18-7-9-19(10-8-18)17-26-13-5-4-6-23(26)27/h3-13,15H,1,14,16-17H2,2H3,(H,25,28). The molecule has 2 aromatic carbocycles. The van der Waals surface area contributed by atoms with Crippen molar-refractivity contribution in [1.82, 2.24) is 9.88 Å². The number of nitrogens with zero attached hydrogens (tertiary/aromatic N) is 1. The van der Waals surface area contributed by atoms with Crippen LogP contribution in [-0.4, -0.2) is 24.2 Å². The van der Waals surface area contributed by atoms with E-state index in [9.17, 15) is 9.59 Å². The molecule has 0 bridgehead atoms. The molecule has 0 saturated carbocycles. The fourth-order valence-electron chi connectivity index (χ4n) is 2.91. The van der Waals surface area contributed by atoms with Gasteiger partial charge in [0.1, 0.15) is 6.61 Å². The summed E-state index contributed by atoms with van der Waals surface area (Å²) in [5, 5.41) is 2.90. The summed E-state index contributed by atoms with van der Waals surface area (Å²) in [7, 11) is 1.53. The van der Waals surface area contributed by atoms with E-state index in [4.69, 9.17) is 9.47 Å². The smallest absolute Gasteiger partial charge is 0.251 e. The van der Waals surface area contributed by atoms with E-state index in [1.54, 1.807) is 41.1 Å². The van der Waals surface area contributed by atoms with Crippen LogP contribution in [0.3, 0.4) is 0 Å². The number of hydrogen-bond donors (Lipinski definition) is 1. The van der Waals surface area contributed by atoms with Crippen molar-refractivity contribution in [2.45, 2.75) is 13.1 Å². The molecule has 3 rings (SSSR count). The van der Waals surface area contributed by atoms with E-state index >= 15 is 0 Å². The number of pyridine rings is 1. The predicted molar refractivity (Wildman–Crippen MR) is 116 cm³/mol. The van der Waals surface area contributed by atoms with Crippen LogP contribution in [0.25, 0.3) is 0 Å². The first kappa shape index (κ1) is 20.9. The minimum absolute atomic E-state index is 0.0369. The van der Waals surface area contributed by atoms with E-state index < -0.39 is 0 Å². The van der Waals surface area contributed by atoms with Gasteiger partial charge >= 0.3 is 0 Å². The molecule has 30 heavy (non-hydrogen) atoms. The Labute approximate surface area is 175 Å². The summed E-state index contributed by atoms with van der Waals surface area (Å²) >= 11 is 0. The lowest BCUT2D eigenvalue weighted by Gasteiger charge is -2.11. The summed E-state index contributed by atoms with van der Waals surface area (Å²) < 4.78 is 12.5. The van der Waals surface area contributed by atoms with Gasteiger partial charge in [-0.25, -0.2) is 0 Å². The quantitative estimate of drug-likeness (QED) is 0.555. The number of benzene rings is 2. The molecule has 0 unspecified atom stereocenters. The highest BCUT2D eigenvalue weighted by atomic mass is 16.5. The van der Waals surface area contributed by atoms with Gasteiger partial charge in [0.25, 0.3) is 11.5 Å². The molecular weight excluding hydrogens is 380 g/mol. The monoisotopic (exact) mass is 404 g/mol. The maximum atomic E-state index is 12.5. The molecule has 6 heteroatoms. The van der Waals surface area contributed by atoms with Gasteiger partial charge in [-0.05, 0) is 35.4 Å². The third-order valence-corrected chi connectivity index (χ3v) is 4.51. The number of ether oxygens (including phenoxy) is 2. The lowest BCUT2D eigenvalue weighted by atomic mass is 10.1. The van der Waals surface area contributed by atoms with Crippen LogP contribution in [0.15, 0.2) is 84.3 Å². The van der Waals surface area contributed by atoms with Gasteiger partial charge in [0, 0.05) is 24.4 Å². The summed E-state index contributed by atoms with van der Waals surface area (Å²) in [6.45, 7) is 4.87. The number of rotatable bonds is 9. The van der Waals surface area contributed by atoms with Gasteiger partial charge in [-0.1, -0.05) is 43.0 Å². The minimum Gasteiger partial charge on any atom is -0.493 e. The Hall–Kier alpha value is -3.80. The van der Waals surface area contributed by atoms with Crippen LogP contribution in [0.5, 0.6) is 11.5 Å². The zero-order valence-corrected chi connectivity index (χ0v) is 16.8. The third kappa shape index (κ3) is 5.38. The van der Waals surface area contributed by atoms with Crippen LogP contribution in [-0.2, 0) is 13.1 Å². The van der Waals surface area contributed by atoms with E-state index in [-0.39, 0.29) is 11.5 Å². The summed E-state index contributed by atoms with van der Waals surface area (Å²) in [6, 6.07) is 17.9. The van der Waals surface area contributed by atoms with Crippen molar-refractivity contribution >= 4 is 5.91 Å². The second kappa shape index (κ2) is 10.1. The molecule has 0 radical (unpaired) electrons.